The second-order valence-corrected chi connectivity index (χ2v) is 4.84. The molecule has 0 bridgehead atoms. The van der Waals surface area contributed by atoms with Crippen LogP contribution in [0, 0.1) is 0 Å². The average Bonchev–Trinajstić information content (AvgIpc) is 2.59. The van der Waals surface area contributed by atoms with Gasteiger partial charge in [-0.15, -0.1) is 0 Å². The highest BCUT2D eigenvalue weighted by Crippen LogP contribution is 2.33. The van der Waals surface area contributed by atoms with Crippen LogP contribution in [0.2, 0.25) is 0 Å². The second-order valence-electron chi connectivity index (χ2n) is 3.27. The molecule has 1 aromatic heterocycles. The van der Waals surface area contributed by atoms with Crippen LogP contribution in [-0.4, -0.2) is 11.7 Å². The SMILES string of the molecule is OC(C1=CCCCO1)c1cc(Br)c(Br)o1. The molecule has 0 fully saturated rings. The first-order chi connectivity index (χ1) is 7.18. The lowest BCUT2D eigenvalue weighted by Gasteiger charge is -2.18. The van der Waals surface area contributed by atoms with Gasteiger partial charge in [0.05, 0.1) is 11.1 Å². The van der Waals surface area contributed by atoms with Gasteiger partial charge in [0.15, 0.2) is 10.8 Å². The molecule has 1 aliphatic rings. The monoisotopic (exact) mass is 336 g/mol. The van der Waals surface area contributed by atoms with E-state index in [1.54, 1.807) is 6.07 Å². The number of halogens is 2. The van der Waals surface area contributed by atoms with Crippen molar-refractivity contribution >= 4 is 31.9 Å². The van der Waals surface area contributed by atoms with Crippen molar-refractivity contribution in [1.82, 2.24) is 0 Å². The highest BCUT2D eigenvalue weighted by molar-refractivity contribution is 9.13. The van der Waals surface area contributed by atoms with E-state index in [0.717, 1.165) is 17.3 Å². The van der Waals surface area contributed by atoms with Crippen LogP contribution in [0.3, 0.4) is 0 Å². The highest BCUT2D eigenvalue weighted by atomic mass is 79.9. The Hall–Kier alpha value is -0.260. The van der Waals surface area contributed by atoms with Crippen molar-refractivity contribution in [3.63, 3.8) is 0 Å². The number of allylic oxidation sites excluding steroid dienone is 1. The van der Waals surface area contributed by atoms with Gasteiger partial charge in [-0.1, -0.05) is 0 Å². The second kappa shape index (κ2) is 4.72. The molecule has 1 atom stereocenters. The van der Waals surface area contributed by atoms with E-state index in [4.69, 9.17) is 9.15 Å². The van der Waals surface area contributed by atoms with Crippen molar-refractivity contribution in [3.05, 3.63) is 32.8 Å². The molecule has 0 aliphatic carbocycles. The van der Waals surface area contributed by atoms with Crippen molar-refractivity contribution < 1.29 is 14.3 Å². The summed E-state index contributed by atoms with van der Waals surface area (Å²) in [5.41, 5.74) is 0. The quantitative estimate of drug-likeness (QED) is 0.897. The maximum Gasteiger partial charge on any atom is 0.183 e. The van der Waals surface area contributed by atoms with E-state index >= 15 is 0 Å². The number of ether oxygens (including phenoxy) is 1. The fraction of sp³-hybridized carbons (Fsp3) is 0.400. The van der Waals surface area contributed by atoms with Crippen LogP contribution < -0.4 is 0 Å². The molecule has 15 heavy (non-hydrogen) atoms. The van der Waals surface area contributed by atoms with E-state index in [1.165, 1.54) is 0 Å². The van der Waals surface area contributed by atoms with Gasteiger partial charge in [0, 0.05) is 0 Å². The zero-order valence-electron chi connectivity index (χ0n) is 7.87. The van der Waals surface area contributed by atoms with Crippen LogP contribution >= 0.6 is 31.9 Å². The Balaban J connectivity index is 2.19. The molecule has 82 valence electrons. The normalized spacial score (nSPS) is 18.2. The Morgan fingerprint density at radius 2 is 2.20 bits per heavy atom. The molecule has 2 heterocycles. The number of aliphatic hydroxyl groups excluding tert-OH is 1. The van der Waals surface area contributed by atoms with Gasteiger partial charge in [0.25, 0.3) is 0 Å². The Kier molecular flexibility index (Phi) is 3.53. The lowest BCUT2D eigenvalue weighted by Crippen LogP contribution is -2.09. The summed E-state index contributed by atoms with van der Waals surface area (Å²) < 4.78 is 12.1. The van der Waals surface area contributed by atoms with E-state index in [-0.39, 0.29) is 0 Å². The Labute approximate surface area is 104 Å². The molecular weight excluding hydrogens is 328 g/mol. The van der Waals surface area contributed by atoms with Gasteiger partial charge in [-0.2, -0.15) is 0 Å². The Morgan fingerprint density at radius 3 is 2.73 bits per heavy atom. The van der Waals surface area contributed by atoms with Crippen LogP contribution in [0.15, 0.2) is 31.5 Å². The van der Waals surface area contributed by atoms with Gasteiger partial charge in [-0.3, -0.25) is 0 Å². The number of hydrogen-bond donors (Lipinski definition) is 1. The summed E-state index contributed by atoms with van der Waals surface area (Å²) in [5.74, 6) is 1.05. The van der Waals surface area contributed by atoms with Gasteiger partial charge in [-0.05, 0) is 56.8 Å². The summed E-state index contributed by atoms with van der Waals surface area (Å²) in [6, 6.07) is 1.73. The Morgan fingerprint density at radius 1 is 1.40 bits per heavy atom. The summed E-state index contributed by atoms with van der Waals surface area (Å²) in [6.45, 7) is 0.659. The van der Waals surface area contributed by atoms with Crippen molar-refractivity contribution in [2.75, 3.05) is 6.61 Å². The molecule has 0 saturated heterocycles. The van der Waals surface area contributed by atoms with E-state index in [2.05, 4.69) is 31.9 Å². The number of furan rings is 1. The van der Waals surface area contributed by atoms with E-state index < -0.39 is 6.10 Å². The first-order valence-corrected chi connectivity index (χ1v) is 6.22. The molecule has 0 spiro atoms. The topological polar surface area (TPSA) is 42.6 Å². The minimum absolute atomic E-state index is 0.474. The molecule has 3 nitrogen and oxygen atoms in total. The fourth-order valence-corrected chi connectivity index (χ4v) is 2.01. The largest absolute Gasteiger partial charge is 0.495 e. The smallest absolute Gasteiger partial charge is 0.183 e. The van der Waals surface area contributed by atoms with Crippen LogP contribution in [0.1, 0.15) is 24.7 Å². The zero-order valence-corrected chi connectivity index (χ0v) is 11.0. The van der Waals surface area contributed by atoms with Crippen LogP contribution in [0.4, 0.5) is 0 Å². The van der Waals surface area contributed by atoms with Crippen molar-refractivity contribution in [1.29, 1.82) is 0 Å². The van der Waals surface area contributed by atoms with E-state index in [1.807, 2.05) is 6.08 Å². The van der Waals surface area contributed by atoms with Gasteiger partial charge in [0.1, 0.15) is 11.5 Å². The molecule has 5 heteroatoms. The minimum atomic E-state index is -0.812. The minimum Gasteiger partial charge on any atom is -0.495 e. The summed E-state index contributed by atoms with van der Waals surface area (Å²) in [6.07, 6.45) is 3.03. The molecular formula is C10H10Br2O3. The molecule has 0 aromatic carbocycles. The lowest BCUT2D eigenvalue weighted by molar-refractivity contribution is 0.0782. The van der Waals surface area contributed by atoms with Crippen LogP contribution in [0.25, 0.3) is 0 Å². The summed E-state index contributed by atoms with van der Waals surface area (Å²) in [4.78, 5) is 0. The average molecular weight is 338 g/mol. The van der Waals surface area contributed by atoms with E-state index in [0.29, 0.717) is 22.8 Å². The first-order valence-electron chi connectivity index (χ1n) is 4.64. The maximum atomic E-state index is 9.95. The molecule has 1 aromatic rings. The van der Waals surface area contributed by atoms with Crippen molar-refractivity contribution in [3.8, 4) is 0 Å². The lowest BCUT2D eigenvalue weighted by atomic mass is 10.1. The molecule has 1 unspecified atom stereocenters. The standard InChI is InChI=1S/C10H10Br2O3/c11-6-5-8(15-10(6)12)9(13)7-3-1-2-4-14-7/h3,5,9,13H,1-2,4H2. The van der Waals surface area contributed by atoms with Crippen molar-refractivity contribution in [2.24, 2.45) is 0 Å². The summed E-state index contributed by atoms with van der Waals surface area (Å²) in [7, 11) is 0. The highest BCUT2D eigenvalue weighted by Gasteiger charge is 2.21. The summed E-state index contributed by atoms with van der Waals surface area (Å²) in [5, 5.41) is 9.95. The molecule has 2 rings (SSSR count). The van der Waals surface area contributed by atoms with Gasteiger partial charge in [-0.25, -0.2) is 0 Å². The third-order valence-electron chi connectivity index (χ3n) is 2.17. The fourth-order valence-electron chi connectivity index (χ4n) is 1.41. The third kappa shape index (κ3) is 2.46. The zero-order chi connectivity index (χ0) is 10.8. The van der Waals surface area contributed by atoms with Gasteiger partial charge < -0.3 is 14.3 Å². The molecule has 1 aliphatic heterocycles. The third-order valence-corrected chi connectivity index (χ3v) is 3.88. The van der Waals surface area contributed by atoms with Crippen molar-refractivity contribution in [2.45, 2.75) is 18.9 Å². The molecule has 0 radical (unpaired) electrons. The predicted octanol–water partition coefficient (Wildman–Crippen LogP) is 3.53. The van der Waals surface area contributed by atoms with E-state index in [9.17, 15) is 5.11 Å². The van der Waals surface area contributed by atoms with Crippen LogP contribution in [0.5, 0.6) is 0 Å². The number of aliphatic hydroxyl groups is 1. The van der Waals surface area contributed by atoms with Gasteiger partial charge >= 0.3 is 0 Å². The molecule has 0 saturated carbocycles. The molecule has 0 amide bonds. The number of rotatable bonds is 2. The summed E-state index contributed by atoms with van der Waals surface area (Å²) >= 11 is 6.52. The predicted molar refractivity (Wildman–Crippen MR) is 62.3 cm³/mol. The Bertz CT molecular complexity index is 365. The number of hydrogen-bond acceptors (Lipinski definition) is 3. The maximum absolute atomic E-state index is 9.95. The molecule has 1 N–H and O–H groups in total. The van der Waals surface area contributed by atoms with Gasteiger partial charge in [0.2, 0.25) is 0 Å². The van der Waals surface area contributed by atoms with Crippen LogP contribution in [-0.2, 0) is 4.74 Å². The first kappa shape index (κ1) is 11.2.